The number of hydrogen-bond acceptors (Lipinski definition) is 2. The van der Waals surface area contributed by atoms with Crippen LogP contribution in [-0.2, 0) is 12.7 Å². The SMILES string of the molecule is BCc1c(Cl)ccc(CCCO)c1N. The molecular weight excluding hydrogens is 196 g/mol. The van der Waals surface area contributed by atoms with Gasteiger partial charge < -0.3 is 10.8 Å². The van der Waals surface area contributed by atoms with Crippen LogP contribution in [-0.4, -0.2) is 19.6 Å². The lowest BCUT2D eigenvalue weighted by Gasteiger charge is -2.11. The molecule has 0 bridgehead atoms. The van der Waals surface area contributed by atoms with Gasteiger partial charge in [-0.3, -0.25) is 0 Å². The van der Waals surface area contributed by atoms with Gasteiger partial charge in [-0.05, 0) is 30.0 Å². The van der Waals surface area contributed by atoms with Crippen molar-refractivity contribution in [3.8, 4) is 0 Å². The van der Waals surface area contributed by atoms with Crippen molar-refractivity contribution < 1.29 is 5.11 Å². The summed E-state index contributed by atoms with van der Waals surface area (Å²) in [5.41, 5.74) is 8.85. The largest absolute Gasteiger partial charge is 0.398 e. The fourth-order valence-corrected chi connectivity index (χ4v) is 1.83. The molecule has 0 fully saturated rings. The second kappa shape index (κ2) is 5.27. The molecule has 0 aliphatic carbocycles. The molecule has 0 saturated heterocycles. The molecule has 0 saturated carbocycles. The van der Waals surface area contributed by atoms with Crippen molar-refractivity contribution in [1.29, 1.82) is 0 Å². The minimum Gasteiger partial charge on any atom is -0.398 e. The quantitative estimate of drug-likeness (QED) is 0.576. The Labute approximate surface area is 90.5 Å². The molecule has 3 N–H and O–H groups in total. The third-order valence-corrected chi connectivity index (χ3v) is 2.70. The standard InChI is InChI=1S/C10H15BClNO/c11-6-8-9(12)4-3-7(10(8)13)2-1-5-14/h3-4,14H,1-2,5-6,11,13H2. The first-order chi connectivity index (χ1) is 6.70. The van der Waals surface area contributed by atoms with Crippen molar-refractivity contribution in [1.82, 2.24) is 0 Å². The summed E-state index contributed by atoms with van der Waals surface area (Å²) in [5.74, 6) is 0. The fourth-order valence-electron chi connectivity index (χ4n) is 1.53. The average Bonchev–Trinajstić information content (AvgIpc) is 2.18. The van der Waals surface area contributed by atoms with E-state index in [9.17, 15) is 0 Å². The van der Waals surface area contributed by atoms with Crippen LogP contribution in [0.4, 0.5) is 5.69 Å². The third kappa shape index (κ3) is 2.43. The fraction of sp³-hybridized carbons (Fsp3) is 0.400. The highest BCUT2D eigenvalue weighted by molar-refractivity contribution is 6.32. The molecule has 0 spiro atoms. The number of rotatable bonds is 4. The van der Waals surface area contributed by atoms with Crippen LogP contribution in [0.15, 0.2) is 12.1 Å². The van der Waals surface area contributed by atoms with Gasteiger partial charge in [0.05, 0.1) is 0 Å². The maximum Gasteiger partial charge on any atom is 0.107 e. The predicted octanol–water partition coefficient (Wildman–Crippen LogP) is 0.980. The lowest BCUT2D eigenvalue weighted by molar-refractivity contribution is 0.288. The Morgan fingerprint density at radius 2 is 2.14 bits per heavy atom. The van der Waals surface area contributed by atoms with E-state index in [-0.39, 0.29) is 6.61 Å². The molecule has 0 unspecified atom stereocenters. The van der Waals surface area contributed by atoms with E-state index in [0.29, 0.717) is 0 Å². The molecule has 1 rings (SSSR count). The number of aliphatic hydroxyl groups excluding tert-OH is 1. The summed E-state index contributed by atoms with van der Waals surface area (Å²) in [6, 6.07) is 3.82. The molecule has 0 amide bonds. The Balaban J connectivity index is 2.96. The molecule has 1 aromatic carbocycles. The molecule has 0 atom stereocenters. The highest BCUT2D eigenvalue weighted by atomic mass is 35.5. The molecule has 0 radical (unpaired) electrons. The summed E-state index contributed by atoms with van der Waals surface area (Å²) in [6.07, 6.45) is 2.40. The van der Waals surface area contributed by atoms with E-state index in [1.165, 1.54) is 0 Å². The van der Waals surface area contributed by atoms with E-state index in [1.807, 2.05) is 20.0 Å². The number of nitrogen functional groups attached to an aromatic ring is 1. The maximum absolute atomic E-state index is 8.73. The highest BCUT2D eigenvalue weighted by Crippen LogP contribution is 2.26. The lowest BCUT2D eigenvalue weighted by atomic mass is 9.92. The van der Waals surface area contributed by atoms with Gasteiger partial charge in [-0.15, -0.1) is 0 Å². The number of aryl methyl sites for hydroxylation is 1. The average molecular weight is 212 g/mol. The third-order valence-electron chi connectivity index (χ3n) is 2.35. The van der Waals surface area contributed by atoms with Gasteiger partial charge in [0.1, 0.15) is 7.85 Å². The number of anilines is 1. The van der Waals surface area contributed by atoms with E-state index < -0.39 is 0 Å². The van der Waals surface area contributed by atoms with E-state index in [2.05, 4.69) is 0 Å². The van der Waals surface area contributed by atoms with Crippen LogP contribution in [0.25, 0.3) is 0 Å². The zero-order chi connectivity index (χ0) is 10.6. The molecule has 2 nitrogen and oxygen atoms in total. The summed E-state index contributed by atoms with van der Waals surface area (Å²) in [7, 11) is 2.04. The van der Waals surface area contributed by atoms with Crippen molar-refractivity contribution in [3.05, 3.63) is 28.3 Å². The first-order valence-corrected chi connectivity index (χ1v) is 5.25. The minimum absolute atomic E-state index is 0.198. The van der Waals surface area contributed by atoms with E-state index >= 15 is 0 Å². The summed E-state index contributed by atoms with van der Waals surface area (Å²) in [6.45, 7) is 0.198. The predicted molar refractivity (Wildman–Crippen MR) is 63.5 cm³/mol. The Kier molecular flexibility index (Phi) is 4.30. The van der Waals surface area contributed by atoms with Gasteiger partial charge in [0.15, 0.2) is 0 Å². The molecule has 14 heavy (non-hydrogen) atoms. The summed E-state index contributed by atoms with van der Waals surface area (Å²) >= 11 is 6.01. The maximum atomic E-state index is 8.73. The van der Waals surface area contributed by atoms with Gasteiger partial charge in [-0.1, -0.05) is 24.0 Å². The van der Waals surface area contributed by atoms with Crippen LogP contribution in [0, 0.1) is 0 Å². The van der Waals surface area contributed by atoms with Crippen molar-refractivity contribution in [2.75, 3.05) is 12.3 Å². The Morgan fingerprint density at radius 3 is 2.71 bits per heavy atom. The van der Waals surface area contributed by atoms with Gasteiger partial charge >= 0.3 is 0 Å². The number of nitrogens with two attached hydrogens (primary N) is 1. The normalized spacial score (nSPS) is 10.4. The van der Waals surface area contributed by atoms with Gasteiger partial charge in [0.25, 0.3) is 0 Å². The molecule has 0 aliphatic rings. The van der Waals surface area contributed by atoms with Gasteiger partial charge in [0, 0.05) is 17.3 Å². The first-order valence-electron chi connectivity index (χ1n) is 4.87. The Bertz CT molecular complexity index is 317. The van der Waals surface area contributed by atoms with Crippen LogP contribution in [0.2, 0.25) is 5.02 Å². The smallest absolute Gasteiger partial charge is 0.107 e. The summed E-state index contributed by atoms with van der Waals surface area (Å²) in [4.78, 5) is 0. The van der Waals surface area contributed by atoms with Crippen LogP contribution in [0.1, 0.15) is 17.5 Å². The summed E-state index contributed by atoms with van der Waals surface area (Å²) in [5, 5.41) is 9.47. The van der Waals surface area contributed by atoms with E-state index in [4.69, 9.17) is 22.4 Å². The van der Waals surface area contributed by atoms with E-state index in [1.54, 1.807) is 0 Å². The Morgan fingerprint density at radius 1 is 1.43 bits per heavy atom. The summed E-state index contributed by atoms with van der Waals surface area (Å²) < 4.78 is 0. The topological polar surface area (TPSA) is 46.2 Å². The second-order valence-electron chi connectivity index (χ2n) is 3.28. The minimum atomic E-state index is 0.198. The zero-order valence-corrected chi connectivity index (χ0v) is 9.14. The lowest BCUT2D eigenvalue weighted by Crippen LogP contribution is -2.02. The molecule has 0 heterocycles. The molecule has 1 aromatic rings. The highest BCUT2D eigenvalue weighted by Gasteiger charge is 2.07. The van der Waals surface area contributed by atoms with Crippen molar-refractivity contribution in [2.24, 2.45) is 0 Å². The van der Waals surface area contributed by atoms with Gasteiger partial charge in [-0.2, -0.15) is 0 Å². The van der Waals surface area contributed by atoms with Crippen molar-refractivity contribution in [2.45, 2.75) is 19.2 Å². The number of benzene rings is 1. The molecular formula is C10H15BClNO. The van der Waals surface area contributed by atoms with Crippen LogP contribution in [0.5, 0.6) is 0 Å². The van der Waals surface area contributed by atoms with Crippen LogP contribution >= 0.6 is 11.6 Å². The van der Waals surface area contributed by atoms with Crippen molar-refractivity contribution >= 4 is 25.1 Å². The Hall–Kier alpha value is -0.665. The first kappa shape index (κ1) is 11.4. The molecule has 0 aromatic heterocycles. The second-order valence-corrected chi connectivity index (χ2v) is 3.69. The number of halogens is 1. The van der Waals surface area contributed by atoms with Crippen molar-refractivity contribution in [3.63, 3.8) is 0 Å². The number of aliphatic hydroxyl groups is 1. The van der Waals surface area contributed by atoms with Crippen LogP contribution in [0.3, 0.4) is 0 Å². The van der Waals surface area contributed by atoms with Crippen LogP contribution < -0.4 is 5.73 Å². The molecule has 4 heteroatoms. The number of hydrogen-bond donors (Lipinski definition) is 2. The van der Waals surface area contributed by atoms with Gasteiger partial charge in [-0.25, -0.2) is 0 Å². The zero-order valence-electron chi connectivity index (χ0n) is 8.39. The molecule has 0 aliphatic heterocycles. The van der Waals surface area contributed by atoms with Gasteiger partial charge in [0.2, 0.25) is 0 Å². The molecule has 76 valence electrons. The monoisotopic (exact) mass is 211 g/mol. The van der Waals surface area contributed by atoms with E-state index in [0.717, 1.165) is 41.0 Å².